The Morgan fingerprint density at radius 1 is 1.13 bits per heavy atom. The first-order valence-corrected chi connectivity index (χ1v) is 12.4. The highest BCUT2D eigenvalue weighted by Crippen LogP contribution is 2.41. The van der Waals surface area contributed by atoms with Gasteiger partial charge in [0.15, 0.2) is 5.17 Å². The third kappa shape index (κ3) is 4.53. The predicted octanol–water partition coefficient (Wildman–Crippen LogP) is 7.10. The molecule has 0 bridgehead atoms. The lowest BCUT2D eigenvalue weighted by Crippen LogP contribution is -2.44. The molecule has 2 aromatic carbocycles. The van der Waals surface area contributed by atoms with Crippen molar-refractivity contribution in [1.82, 2.24) is 4.90 Å². The van der Waals surface area contributed by atoms with Crippen LogP contribution in [0.2, 0.25) is 0 Å². The molecule has 156 valence electrons. The molecule has 1 aliphatic heterocycles. The summed E-state index contributed by atoms with van der Waals surface area (Å²) < 4.78 is 1.16. The first-order chi connectivity index (χ1) is 14.4. The van der Waals surface area contributed by atoms with Crippen LogP contribution < -0.4 is 0 Å². The SMILES string of the molecule is C[C@@H]1CCCC[C@H]1N1C(=O)/C(=C/c2cc(Br)c(O)c(Br)c2)SC1=Nc1ccccc1. The van der Waals surface area contributed by atoms with Crippen molar-refractivity contribution in [2.75, 3.05) is 0 Å². The smallest absolute Gasteiger partial charge is 0.267 e. The number of amides is 1. The average Bonchev–Trinajstić information content (AvgIpc) is 3.02. The zero-order valence-corrected chi connectivity index (χ0v) is 20.5. The van der Waals surface area contributed by atoms with E-state index < -0.39 is 0 Å². The van der Waals surface area contributed by atoms with E-state index in [-0.39, 0.29) is 17.7 Å². The molecule has 7 heteroatoms. The number of thioether (sulfide) groups is 1. The summed E-state index contributed by atoms with van der Waals surface area (Å²) in [5.74, 6) is 0.598. The van der Waals surface area contributed by atoms with E-state index in [0.717, 1.165) is 35.7 Å². The van der Waals surface area contributed by atoms with E-state index >= 15 is 0 Å². The summed E-state index contributed by atoms with van der Waals surface area (Å²) in [6.45, 7) is 2.23. The number of rotatable bonds is 3. The summed E-state index contributed by atoms with van der Waals surface area (Å²) in [6.07, 6.45) is 6.37. The minimum Gasteiger partial charge on any atom is -0.506 e. The van der Waals surface area contributed by atoms with E-state index in [2.05, 4.69) is 38.8 Å². The second-order valence-corrected chi connectivity index (χ2v) is 10.4. The standard InChI is InChI=1S/C23H22Br2N2O2S/c1-14-7-5-6-10-19(14)27-22(29)20(13-15-11-17(24)21(28)18(25)12-15)30-23(27)26-16-8-3-2-4-9-16/h2-4,8-9,11-14,19,28H,5-7,10H2,1H3/b20-13-,26-23?/t14-,19-/m1/s1. The van der Waals surface area contributed by atoms with Gasteiger partial charge in [-0.2, -0.15) is 0 Å². The van der Waals surface area contributed by atoms with Crippen molar-refractivity contribution in [3.8, 4) is 5.75 Å². The summed E-state index contributed by atoms with van der Waals surface area (Å²) >= 11 is 8.15. The molecular formula is C23H22Br2N2O2S. The van der Waals surface area contributed by atoms with E-state index in [1.807, 2.05) is 41.3 Å². The summed E-state index contributed by atoms with van der Waals surface area (Å²) in [4.78, 5) is 20.9. The molecule has 1 heterocycles. The van der Waals surface area contributed by atoms with Crippen LogP contribution in [0.15, 0.2) is 61.3 Å². The average molecular weight is 550 g/mol. The van der Waals surface area contributed by atoms with Crippen LogP contribution in [-0.2, 0) is 4.79 Å². The summed E-state index contributed by atoms with van der Waals surface area (Å²) in [5, 5.41) is 10.7. The molecule has 4 nitrogen and oxygen atoms in total. The minimum absolute atomic E-state index is 0.00810. The maximum atomic E-state index is 13.5. The summed E-state index contributed by atoms with van der Waals surface area (Å²) in [5.41, 5.74) is 1.68. The van der Waals surface area contributed by atoms with Crippen LogP contribution in [-0.4, -0.2) is 27.1 Å². The fourth-order valence-corrected chi connectivity index (χ4v) is 6.24. The van der Waals surface area contributed by atoms with Gasteiger partial charge in [-0.05, 0) is 98.3 Å². The van der Waals surface area contributed by atoms with Crippen LogP contribution in [0, 0.1) is 5.92 Å². The molecule has 1 aliphatic carbocycles. The number of nitrogens with zero attached hydrogens (tertiary/aromatic N) is 2. The maximum Gasteiger partial charge on any atom is 0.267 e. The third-order valence-corrected chi connectivity index (χ3v) is 7.74. The van der Waals surface area contributed by atoms with E-state index in [4.69, 9.17) is 4.99 Å². The van der Waals surface area contributed by atoms with Crippen LogP contribution in [0.25, 0.3) is 6.08 Å². The summed E-state index contributed by atoms with van der Waals surface area (Å²) in [6, 6.07) is 13.6. The number of para-hydroxylation sites is 1. The van der Waals surface area contributed by atoms with Gasteiger partial charge in [-0.25, -0.2) is 4.99 Å². The van der Waals surface area contributed by atoms with Crippen LogP contribution in [0.5, 0.6) is 5.75 Å². The van der Waals surface area contributed by atoms with E-state index in [9.17, 15) is 9.90 Å². The van der Waals surface area contributed by atoms with Gasteiger partial charge in [0.25, 0.3) is 5.91 Å². The molecule has 0 unspecified atom stereocenters. The van der Waals surface area contributed by atoms with Gasteiger partial charge in [-0.1, -0.05) is 38.0 Å². The monoisotopic (exact) mass is 548 g/mol. The fraction of sp³-hybridized carbons (Fsp3) is 0.304. The number of aromatic hydroxyl groups is 1. The zero-order chi connectivity index (χ0) is 21.3. The lowest BCUT2D eigenvalue weighted by molar-refractivity contribution is -0.124. The van der Waals surface area contributed by atoms with Gasteiger partial charge in [0.1, 0.15) is 5.75 Å². The highest BCUT2D eigenvalue weighted by Gasteiger charge is 2.41. The Labute approximate surface area is 197 Å². The molecule has 1 amide bonds. The Kier molecular flexibility index (Phi) is 6.70. The van der Waals surface area contributed by atoms with Gasteiger partial charge in [0.05, 0.1) is 19.5 Å². The van der Waals surface area contributed by atoms with Crippen molar-refractivity contribution in [3.05, 3.63) is 61.9 Å². The van der Waals surface area contributed by atoms with Gasteiger partial charge >= 0.3 is 0 Å². The van der Waals surface area contributed by atoms with Crippen molar-refractivity contribution in [2.45, 2.75) is 38.6 Å². The number of carbonyl (C=O) groups excluding carboxylic acids is 1. The van der Waals surface area contributed by atoms with Crippen LogP contribution in [0.3, 0.4) is 0 Å². The summed E-state index contributed by atoms with van der Waals surface area (Å²) in [7, 11) is 0. The number of hydrogen-bond acceptors (Lipinski definition) is 4. The normalized spacial score (nSPS) is 24.8. The number of benzene rings is 2. The Bertz CT molecular complexity index is 1000. The van der Waals surface area contributed by atoms with E-state index in [1.165, 1.54) is 18.2 Å². The molecule has 0 radical (unpaired) electrons. The predicted molar refractivity (Wildman–Crippen MR) is 131 cm³/mol. The second kappa shape index (κ2) is 9.28. The zero-order valence-electron chi connectivity index (χ0n) is 16.5. The third-order valence-electron chi connectivity index (χ3n) is 5.55. The number of hydrogen-bond donors (Lipinski definition) is 1. The molecule has 30 heavy (non-hydrogen) atoms. The van der Waals surface area contributed by atoms with E-state index in [1.54, 1.807) is 12.1 Å². The Morgan fingerprint density at radius 2 is 1.80 bits per heavy atom. The number of amidine groups is 1. The number of phenolic OH excluding ortho intramolecular Hbond substituents is 1. The number of aliphatic imine (C=N–C) groups is 1. The lowest BCUT2D eigenvalue weighted by atomic mass is 9.85. The second-order valence-electron chi connectivity index (χ2n) is 7.68. The Morgan fingerprint density at radius 3 is 2.47 bits per heavy atom. The highest BCUT2D eigenvalue weighted by atomic mass is 79.9. The quantitative estimate of drug-likeness (QED) is 0.415. The molecule has 2 aliphatic rings. The van der Waals surface area contributed by atoms with Gasteiger partial charge in [0, 0.05) is 6.04 Å². The number of phenols is 1. The largest absolute Gasteiger partial charge is 0.506 e. The van der Waals surface area contributed by atoms with E-state index in [0.29, 0.717) is 19.8 Å². The van der Waals surface area contributed by atoms with Crippen LogP contribution in [0.4, 0.5) is 5.69 Å². The van der Waals surface area contributed by atoms with Crippen molar-refractivity contribution >= 4 is 66.5 Å². The first-order valence-electron chi connectivity index (χ1n) is 9.99. The molecule has 2 fully saturated rings. The molecule has 1 N–H and O–H groups in total. The van der Waals surface area contributed by atoms with Crippen molar-refractivity contribution < 1.29 is 9.90 Å². The Hall–Kier alpha value is -1.57. The molecule has 2 aromatic rings. The van der Waals surface area contributed by atoms with Gasteiger partial charge < -0.3 is 5.11 Å². The molecular weight excluding hydrogens is 528 g/mol. The minimum atomic E-state index is 0.00810. The van der Waals surface area contributed by atoms with Crippen LogP contribution >= 0.6 is 43.6 Å². The topological polar surface area (TPSA) is 52.9 Å². The van der Waals surface area contributed by atoms with Crippen LogP contribution in [0.1, 0.15) is 38.2 Å². The van der Waals surface area contributed by atoms with Gasteiger partial charge in [-0.15, -0.1) is 0 Å². The number of carbonyl (C=O) groups is 1. The van der Waals surface area contributed by atoms with Crippen molar-refractivity contribution in [3.63, 3.8) is 0 Å². The molecule has 0 spiro atoms. The molecule has 4 rings (SSSR count). The van der Waals surface area contributed by atoms with Crippen molar-refractivity contribution in [1.29, 1.82) is 0 Å². The highest BCUT2D eigenvalue weighted by molar-refractivity contribution is 9.11. The van der Waals surface area contributed by atoms with Gasteiger partial charge in [0.2, 0.25) is 0 Å². The molecule has 2 atom stereocenters. The first kappa shape index (κ1) is 21.7. The lowest BCUT2D eigenvalue weighted by Gasteiger charge is -2.35. The van der Waals surface area contributed by atoms with Crippen molar-refractivity contribution in [2.24, 2.45) is 10.9 Å². The fourth-order valence-electron chi connectivity index (χ4n) is 3.97. The maximum absolute atomic E-state index is 13.5. The number of halogens is 2. The van der Waals surface area contributed by atoms with Gasteiger partial charge in [-0.3, -0.25) is 9.69 Å². The Balaban J connectivity index is 1.74. The molecule has 1 saturated heterocycles. The molecule has 1 saturated carbocycles. The molecule has 0 aromatic heterocycles.